The number of hydrogen-bond donors (Lipinski definition) is 2. The van der Waals surface area contributed by atoms with Gasteiger partial charge in [0.15, 0.2) is 11.3 Å². The summed E-state index contributed by atoms with van der Waals surface area (Å²) in [5, 5.41) is 0.579. The minimum Gasteiger partial charge on any atom is -0.440 e. The van der Waals surface area contributed by atoms with Gasteiger partial charge in [-0.05, 0) is 49.9 Å². The van der Waals surface area contributed by atoms with Crippen LogP contribution in [0.4, 0.5) is 5.88 Å². The first-order valence-corrected chi connectivity index (χ1v) is 6.52. The zero-order valence-corrected chi connectivity index (χ0v) is 12.8. The number of benzene rings is 1. The van der Waals surface area contributed by atoms with Gasteiger partial charge in [-0.1, -0.05) is 6.92 Å². The highest BCUT2D eigenvalue weighted by Crippen LogP contribution is 2.21. The van der Waals surface area contributed by atoms with Crippen molar-refractivity contribution in [3.8, 4) is 0 Å². The van der Waals surface area contributed by atoms with Crippen molar-refractivity contribution >= 4 is 29.3 Å². The molecule has 1 unspecified atom stereocenters. The van der Waals surface area contributed by atoms with E-state index in [1.165, 1.54) is 0 Å². The quantitative estimate of drug-likeness (QED) is 0.912. The van der Waals surface area contributed by atoms with Crippen LogP contribution < -0.4 is 16.9 Å². The van der Waals surface area contributed by atoms with E-state index in [-0.39, 0.29) is 29.8 Å². The van der Waals surface area contributed by atoms with Crippen LogP contribution in [0.15, 0.2) is 21.3 Å². The molecule has 1 atom stereocenters. The molecular weight excluding hydrogens is 276 g/mol. The molecule has 2 rings (SSSR count). The highest BCUT2D eigenvalue weighted by molar-refractivity contribution is 5.85. The number of aryl methyl sites for hydroxylation is 2. The summed E-state index contributed by atoms with van der Waals surface area (Å²) in [7, 11) is 0. The largest absolute Gasteiger partial charge is 0.440 e. The Balaban J connectivity index is 0.00000200. The summed E-state index contributed by atoms with van der Waals surface area (Å²) in [5.41, 5.74) is 14.9. The number of nitrogens with two attached hydrogens (primary N) is 2. The van der Waals surface area contributed by atoms with Gasteiger partial charge >= 0.3 is 0 Å². The van der Waals surface area contributed by atoms with Crippen LogP contribution in [0.1, 0.15) is 30.0 Å². The minimum atomic E-state index is -0.0748. The van der Waals surface area contributed by atoms with Gasteiger partial charge in [-0.15, -0.1) is 12.4 Å². The van der Waals surface area contributed by atoms with Gasteiger partial charge in [-0.3, -0.25) is 4.79 Å². The Morgan fingerprint density at radius 1 is 1.25 bits per heavy atom. The van der Waals surface area contributed by atoms with Crippen molar-refractivity contribution in [2.75, 3.05) is 5.73 Å². The normalized spacial score (nSPS) is 12.2. The second kappa shape index (κ2) is 6.29. The summed E-state index contributed by atoms with van der Waals surface area (Å²) < 4.78 is 5.58. The van der Waals surface area contributed by atoms with Gasteiger partial charge in [0.25, 0.3) is 0 Å². The molecule has 0 aliphatic heterocycles. The molecule has 0 fully saturated rings. The summed E-state index contributed by atoms with van der Waals surface area (Å²) in [6, 6.07) is 3.64. The molecule has 0 bridgehead atoms. The second-order valence-electron chi connectivity index (χ2n) is 5.08. The van der Waals surface area contributed by atoms with E-state index >= 15 is 0 Å². The maximum Gasteiger partial charge on any atom is 0.198 e. The Kier molecular flexibility index (Phi) is 5.20. The van der Waals surface area contributed by atoms with Gasteiger partial charge in [0.05, 0.1) is 10.9 Å². The average Bonchev–Trinajstić information content (AvgIpc) is 2.37. The molecule has 0 saturated heterocycles. The first-order valence-electron chi connectivity index (χ1n) is 6.52. The fourth-order valence-corrected chi connectivity index (χ4v) is 2.11. The number of anilines is 1. The standard InChI is InChI=1S/C15H20N2O2.ClH/c1-4-10(16)7-12-14(18)11-5-8(2)9(3)6-13(11)19-15(12)17;/h5-6,10H,4,7,16-17H2,1-3H3;1H. The molecular formula is C15H21ClN2O2. The Bertz CT molecular complexity index is 680. The topological polar surface area (TPSA) is 82.2 Å². The van der Waals surface area contributed by atoms with Crippen LogP contribution in [0.5, 0.6) is 0 Å². The summed E-state index contributed by atoms with van der Waals surface area (Å²) in [6.45, 7) is 5.94. The van der Waals surface area contributed by atoms with Gasteiger partial charge in [-0.2, -0.15) is 0 Å². The number of fused-ring (bicyclic) bond motifs is 1. The lowest BCUT2D eigenvalue weighted by molar-refractivity contribution is 0.593. The first kappa shape index (κ1) is 16.5. The van der Waals surface area contributed by atoms with Crippen LogP contribution in [-0.4, -0.2) is 6.04 Å². The van der Waals surface area contributed by atoms with E-state index < -0.39 is 0 Å². The van der Waals surface area contributed by atoms with E-state index in [1.807, 2.05) is 32.9 Å². The molecule has 0 aliphatic carbocycles. The van der Waals surface area contributed by atoms with Gasteiger partial charge < -0.3 is 15.9 Å². The molecule has 110 valence electrons. The highest BCUT2D eigenvalue weighted by Gasteiger charge is 2.15. The average molecular weight is 297 g/mol. The lowest BCUT2D eigenvalue weighted by Gasteiger charge is -2.11. The summed E-state index contributed by atoms with van der Waals surface area (Å²) in [6.07, 6.45) is 1.25. The lowest BCUT2D eigenvalue weighted by atomic mass is 10.0. The molecule has 1 aromatic carbocycles. The van der Waals surface area contributed by atoms with Crippen molar-refractivity contribution in [2.24, 2.45) is 5.73 Å². The molecule has 5 heteroatoms. The molecule has 0 radical (unpaired) electrons. The number of nitrogen functional groups attached to an aromatic ring is 1. The second-order valence-corrected chi connectivity index (χ2v) is 5.08. The molecule has 0 amide bonds. The number of hydrogen-bond acceptors (Lipinski definition) is 4. The van der Waals surface area contributed by atoms with Crippen molar-refractivity contribution in [3.05, 3.63) is 39.0 Å². The first-order chi connectivity index (χ1) is 8.93. The van der Waals surface area contributed by atoms with Crippen molar-refractivity contribution in [2.45, 2.75) is 39.7 Å². The fourth-order valence-electron chi connectivity index (χ4n) is 2.11. The van der Waals surface area contributed by atoms with E-state index in [4.69, 9.17) is 15.9 Å². The van der Waals surface area contributed by atoms with Gasteiger partial charge in [0.2, 0.25) is 0 Å². The van der Waals surface area contributed by atoms with Crippen molar-refractivity contribution in [3.63, 3.8) is 0 Å². The number of halogens is 1. The van der Waals surface area contributed by atoms with Crippen molar-refractivity contribution in [1.29, 1.82) is 0 Å². The Hall–Kier alpha value is -1.52. The van der Waals surface area contributed by atoms with E-state index in [0.717, 1.165) is 17.5 Å². The summed E-state index contributed by atoms with van der Waals surface area (Å²) in [5.74, 6) is 0.185. The zero-order chi connectivity index (χ0) is 14.2. The third-order valence-corrected chi connectivity index (χ3v) is 3.62. The molecule has 20 heavy (non-hydrogen) atoms. The van der Waals surface area contributed by atoms with Crippen LogP contribution in [0.3, 0.4) is 0 Å². The molecule has 0 aliphatic rings. The third kappa shape index (κ3) is 2.97. The van der Waals surface area contributed by atoms with E-state index in [2.05, 4.69) is 0 Å². The molecule has 2 aromatic rings. The molecule has 4 nitrogen and oxygen atoms in total. The SMILES string of the molecule is CCC(N)Cc1c(N)oc2cc(C)c(C)cc2c1=O.Cl. The number of rotatable bonds is 3. The Labute approximate surface area is 124 Å². The van der Waals surface area contributed by atoms with Gasteiger partial charge in [-0.25, -0.2) is 0 Å². The molecule has 0 spiro atoms. The molecule has 4 N–H and O–H groups in total. The van der Waals surface area contributed by atoms with Crippen LogP contribution in [0.2, 0.25) is 0 Å². The van der Waals surface area contributed by atoms with Crippen LogP contribution >= 0.6 is 12.4 Å². The fraction of sp³-hybridized carbons (Fsp3) is 0.400. The summed E-state index contributed by atoms with van der Waals surface area (Å²) >= 11 is 0. The van der Waals surface area contributed by atoms with Gasteiger partial charge in [0, 0.05) is 6.04 Å². The summed E-state index contributed by atoms with van der Waals surface area (Å²) in [4.78, 5) is 12.5. The van der Waals surface area contributed by atoms with E-state index in [9.17, 15) is 4.79 Å². The maximum absolute atomic E-state index is 12.5. The monoisotopic (exact) mass is 296 g/mol. The van der Waals surface area contributed by atoms with Crippen LogP contribution in [-0.2, 0) is 6.42 Å². The molecule has 1 aromatic heterocycles. The maximum atomic E-state index is 12.5. The highest BCUT2D eigenvalue weighted by atomic mass is 35.5. The Morgan fingerprint density at radius 2 is 1.85 bits per heavy atom. The predicted octanol–water partition coefficient (Wildman–Crippen LogP) is 2.69. The minimum absolute atomic E-state index is 0. The molecule has 0 saturated carbocycles. The van der Waals surface area contributed by atoms with Crippen molar-refractivity contribution < 1.29 is 4.42 Å². The van der Waals surface area contributed by atoms with Crippen LogP contribution in [0.25, 0.3) is 11.0 Å². The van der Waals surface area contributed by atoms with Gasteiger partial charge in [0.1, 0.15) is 5.58 Å². The van der Waals surface area contributed by atoms with Crippen LogP contribution in [0, 0.1) is 13.8 Å². The smallest absolute Gasteiger partial charge is 0.198 e. The van der Waals surface area contributed by atoms with E-state index in [0.29, 0.717) is 23.0 Å². The Morgan fingerprint density at radius 3 is 2.45 bits per heavy atom. The zero-order valence-electron chi connectivity index (χ0n) is 12.0. The molecule has 1 heterocycles. The lowest BCUT2D eigenvalue weighted by Crippen LogP contribution is -2.26. The van der Waals surface area contributed by atoms with E-state index in [1.54, 1.807) is 0 Å². The third-order valence-electron chi connectivity index (χ3n) is 3.62. The van der Waals surface area contributed by atoms with Crippen molar-refractivity contribution in [1.82, 2.24) is 0 Å². The predicted molar refractivity (Wildman–Crippen MR) is 85.6 cm³/mol.